The first-order chi connectivity index (χ1) is 11.2. The Bertz CT molecular complexity index is 727. The molecule has 1 aliphatic rings. The van der Waals surface area contributed by atoms with Crippen LogP contribution in [0.5, 0.6) is 5.75 Å². The minimum atomic E-state index is -0.686. The zero-order chi connectivity index (χ0) is 16.2. The number of nitrogens with one attached hydrogen (secondary N) is 2. The SMILES string of the molecule is COc1ccc(-[n+]2[nH]oc(=O)c2C(=O)NC2CCCCC2)cc1. The van der Waals surface area contributed by atoms with Gasteiger partial charge in [-0.1, -0.05) is 19.3 Å². The average molecular weight is 318 g/mol. The summed E-state index contributed by atoms with van der Waals surface area (Å²) in [4.78, 5) is 24.4. The van der Waals surface area contributed by atoms with E-state index in [1.807, 2.05) is 0 Å². The summed E-state index contributed by atoms with van der Waals surface area (Å²) in [5, 5.41) is 5.40. The lowest BCUT2D eigenvalue weighted by atomic mass is 9.95. The molecule has 7 heteroatoms. The molecule has 3 rings (SSSR count). The van der Waals surface area contributed by atoms with E-state index in [1.165, 1.54) is 11.1 Å². The van der Waals surface area contributed by atoms with Crippen molar-refractivity contribution in [3.8, 4) is 11.4 Å². The van der Waals surface area contributed by atoms with Crippen molar-refractivity contribution in [1.29, 1.82) is 0 Å². The van der Waals surface area contributed by atoms with Crippen molar-refractivity contribution >= 4 is 5.91 Å². The van der Waals surface area contributed by atoms with E-state index in [9.17, 15) is 9.59 Å². The van der Waals surface area contributed by atoms with Gasteiger partial charge in [0.05, 0.1) is 7.11 Å². The Morgan fingerprint density at radius 1 is 1.26 bits per heavy atom. The van der Waals surface area contributed by atoms with Crippen LogP contribution in [0.2, 0.25) is 0 Å². The van der Waals surface area contributed by atoms with Gasteiger partial charge in [-0.15, -0.1) is 0 Å². The Morgan fingerprint density at radius 3 is 2.61 bits per heavy atom. The van der Waals surface area contributed by atoms with E-state index < -0.39 is 11.5 Å². The minimum Gasteiger partial charge on any atom is -0.497 e. The number of methoxy groups -OCH3 is 1. The zero-order valence-corrected chi connectivity index (χ0v) is 13.0. The molecular weight excluding hydrogens is 298 g/mol. The zero-order valence-electron chi connectivity index (χ0n) is 13.0. The molecule has 2 N–H and O–H groups in total. The number of amides is 1. The third kappa shape index (κ3) is 3.28. The van der Waals surface area contributed by atoms with Crippen LogP contribution in [0, 0.1) is 0 Å². The molecule has 1 aliphatic carbocycles. The highest BCUT2D eigenvalue weighted by Crippen LogP contribution is 2.17. The highest BCUT2D eigenvalue weighted by atomic mass is 16.5. The summed E-state index contributed by atoms with van der Waals surface area (Å²) in [6.07, 6.45) is 5.30. The standard InChI is InChI=1S/C16H19N3O4/c1-22-13-9-7-12(8-10-13)19-14(16(21)23-18-19)15(20)17-11-5-3-2-4-6-11/h7-11H,2-6H2,1H3,(H-,17,18,20,21)/p+1. The second kappa shape index (κ2) is 6.68. The van der Waals surface area contributed by atoms with Gasteiger partial charge in [0.1, 0.15) is 5.75 Å². The Kier molecular flexibility index (Phi) is 4.45. The first-order valence-electron chi connectivity index (χ1n) is 7.78. The Labute approximate surface area is 133 Å². The predicted octanol–water partition coefficient (Wildman–Crippen LogP) is 1.32. The molecule has 0 bridgehead atoms. The highest BCUT2D eigenvalue weighted by Gasteiger charge is 2.32. The van der Waals surface area contributed by atoms with Crippen LogP contribution < -0.4 is 20.4 Å². The van der Waals surface area contributed by atoms with Crippen molar-refractivity contribution in [2.45, 2.75) is 38.1 Å². The molecule has 1 heterocycles. The van der Waals surface area contributed by atoms with Crippen LogP contribution in [-0.2, 0) is 0 Å². The first kappa shape index (κ1) is 15.3. The molecular formula is C16H20N3O4+. The quantitative estimate of drug-likeness (QED) is 0.832. The molecule has 1 aromatic heterocycles. The van der Waals surface area contributed by atoms with Gasteiger partial charge in [-0.25, -0.2) is 4.79 Å². The summed E-state index contributed by atoms with van der Waals surface area (Å²) in [5.41, 5.74) is -0.125. The molecule has 23 heavy (non-hydrogen) atoms. The van der Waals surface area contributed by atoms with Crippen LogP contribution in [-0.4, -0.2) is 24.3 Å². The van der Waals surface area contributed by atoms with Crippen LogP contribution in [0.25, 0.3) is 5.69 Å². The van der Waals surface area contributed by atoms with Crippen molar-refractivity contribution in [3.05, 3.63) is 40.4 Å². The molecule has 0 radical (unpaired) electrons. The van der Waals surface area contributed by atoms with Crippen molar-refractivity contribution in [2.75, 3.05) is 7.11 Å². The summed E-state index contributed by atoms with van der Waals surface area (Å²) >= 11 is 0. The van der Waals surface area contributed by atoms with Crippen molar-refractivity contribution in [1.82, 2.24) is 10.6 Å². The van der Waals surface area contributed by atoms with Gasteiger partial charge < -0.3 is 10.1 Å². The van der Waals surface area contributed by atoms with E-state index >= 15 is 0 Å². The highest BCUT2D eigenvalue weighted by molar-refractivity contribution is 5.90. The normalized spacial score (nSPS) is 15.3. The van der Waals surface area contributed by atoms with Crippen molar-refractivity contribution in [2.24, 2.45) is 0 Å². The third-order valence-electron chi connectivity index (χ3n) is 4.13. The van der Waals surface area contributed by atoms with E-state index in [1.54, 1.807) is 31.4 Å². The molecule has 0 aliphatic heterocycles. The lowest BCUT2D eigenvalue weighted by Crippen LogP contribution is -2.47. The van der Waals surface area contributed by atoms with E-state index in [2.05, 4.69) is 10.6 Å². The minimum absolute atomic E-state index is 0.0549. The average Bonchev–Trinajstić information content (AvgIpc) is 2.97. The number of carbonyl (C=O) groups is 1. The van der Waals surface area contributed by atoms with Gasteiger partial charge in [0.15, 0.2) is 0 Å². The summed E-state index contributed by atoms with van der Waals surface area (Å²) < 4.78 is 11.3. The lowest BCUT2D eigenvalue weighted by molar-refractivity contribution is -0.672. The number of hydrogen-bond donors (Lipinski definition) is 2. The van der Waals surface area contributed by atoms with Crippen LogP contribution in [0.1, 0.15) is 42.6 Å². The van der Waals surface area contributed by atoms with Crippen LogP contribution >= 0.6 is 0 Å². The number of carbonyl (C=O) groups excluding carboxylic acids is 1. The summed E-state index contributed by atoms with van der Waals surface area (Å²) in [7, 11) is 1.57. The van der Waals surface area contributed by atoms with E-state index in [0.29, 0.717) is 11.4 Å². The fraction of sp³-hybridized carbons (Fsp3) is 0.438. The molecule has 0 saturated heterocycles. The summed E-state index contributed by atoms with van der Waals surface area (Å²) in [5.74, 6) is 0.274. The Morgan fingerprint density at radius 2 is 1.96 bits per heavy atom. The molecule has 7 nitrogen and oxygen atoms in total. The largest absolute Gasteiger partial charge is 0.497 e. The van der Waals surface area contributed by atoms with Crippen LogP contribution in [0.3, 0.4) is 0 Å². The fourth-order valence-electron chi connectivity index (χ4n) is 2.88. The topological polar surface area (TPSA) is 88.2 Å². The molecule has 1 aromatic carbocycles. The van der Waals surface area contributed by atoms with Gasteiger partial charge in [-0.05, 0) is 34.9 Å². The summed E-state index contributed by atoms with van der Waals surface area (Å²) in [6, 6.07) is 7.09. The number of benzene rings is 1. The first-order valence-corrected chi connectivity index (χ1v) is 7.78. The molecule has 1 amide bonds. The number of aromatic amines is 1. The maximum atomic E-state index is 12.5. The van der Waals surface area contributed by atoms with E-state index in [4.69, 9.17) is 9.26 Å². The van der Waals surface area contributed by atoms with Gasteiger partial charge in [0.25, 0.3) is 0 Å². The predicted molar refractivity (Wildman–Crippen MR) is 81.8 cm³/mol. The van der Waals surface area contributed by atoms with Gasteiger partial charge in [0, 0.05) is 18.2 Å². The monoisotopic (exact) mass is 318 g/mol. The van der Waals surface area contributed by atoms with Crippen LogP contribution in [0.15, 0.2) is 33.6 Å². The maximum Gasteiger partial charge on any atom is 0.441 e. The number of hydrogen-bond acceptors (Lipinski definition) is 4. The number of nitrogens with zero attached hydrogens (tertiary/aromatic N) is 1. The smallest absolute Gasteiger partial charge is 0.441 e. The number of aromatic nitrogens is 2. The lowest BCUT2D eigenvalue weighted by Gasteiger charge is -2.21. The molecule has 2 aromatic rings. The maximum absolute atomic E-state index is 12.5. The van der Waals surface area contributed by atoms with Gasteiger partial charge >= 0.3 is 17.2 Å². The molecule has 0 spiro atoms. The van der Waals surface area contributed by atoms with Crippen molar-refractivity contribution < 1.29 is 18.7 Å². The number of ether oxygens (including phenoxy) is 1. The van der Waals surface area contributed by atoms with Crippen LogP contribution in [0.4, 0.5) is 0 Å². The summed E-state index contributed by atoms with van der Waals surface area (Å²) in [6.45, 7) is 0. The second-order valence-electron chi connectivity index (χ2n) is 5.67. The number of rotatable bonds is 4. The molecule has 0 unspecified atom stereocenters. The van der Waals surface area contributed by atoms with E-state index in [0.717, 1.165) is 25.7 Å². The number of H-pyrrole nitrogens is 1. The fourth-order valence-corrected chi connectivity index (χ4v) is 2.88. The molecule has 1 saturated carbocycles. The van der Waals surface area contributed by atoms with E-state index in [-0.39, 0.29) is 11.7 Å². The molecule has 0 atom stereocenters. The Hall–Kier alpha value is -2.57. The second-order valence-corrected chi connectivity index (χ2v) is 5.67. The van der Waals surface area contributed by atoms with Crippen molar-refractivity contribution in [3.63, 3.8) is 0 Å². The Balaban J connectivity index is 1.85. The third-order valence-corrected chi connectivity index (χ3v) is 4.13. The van der Waals surface area contributed by atoms with Gasteiger partial charge in [-0.2, -0.15) is 0 Å². The molecule has 1 fully saturated rings. The van der Waals surface area contributed by atoms with Gasteiger partial charge in [-0.3, -0.25) is 9.32 Å². The molecule has 122 valence electrons. The van der Waals surface area contributed by atoms with Gasteiger partial charge in [0.2, 0.25) is 5.69 Å².